The molecular weight excluding hydrogens is 237 g/mol. The fourth-order valence-corrected chi connectivity index (χ4v) is 1.74. The van der Waals surface area contributed by atoms with Crippen LogP contribution in [0, 0.1) is 5.82 Å². The number of hydrogen-bond donors (Lipinski definition) is 1. The fourth-order valence-electron chi connectivity index (χ4n) is 1.53. The maximum Gasteiger partial charge on any atom is 0.254 e. The largest absolute Gasteiger partial charge is 0.335 e. The Morgan fingerprint density at radius 1 is 1.59 bits per heavy atom. The molecule has 0 unspecified atom stereocenters. The standard InChI is InChI=1S/C13H16FNOS/c1-3-7-15(8-4-2)13(16)10-5-6-11(14)12(17)9-10/h3,5-6,9,17H,1,4,7-8H2,2H3. The third-order valence-electron chi connectivity index (χ3n) is 2.32. The molecule has 0 N–H and O–H groups in total. The van der Waals surface area contributed by atoms with E-state index in [9.17, 15) is 9.18 Å². The van der Waals surface area contributed by atoms with Crippen LogP contribution in [0.4, 0.5) is 4.39 Å². The van der Waals surface area contributed by atoms with Gasteiger partial charge in [0.05, 0.1) is 0 Å². The second kappa shape index (κ2) is 6.45. The van der Waals surface area contributed by atoms with Crippen molar-refractivity contribution in [3.8, 4) is 0 Å². The van der Waals surface area contributed by atoms with Crippen LogP contribution >= 0.6 is 12.6 Å². The molecule has 92 valence electrons. The lowest BCUT2D eigenvalue weighted by molar-refractivity contribution is 0.0773. The van der Waals surface area contributed by atoms with Crippen molar-refractivity contribution >= 4 is 18.5 Å². The van der Waals surface area contributed by atoms with Gasteiger partial charge in [0.15, 0.2) is 0 Å². The molecule has 2 nitrogen and oxygen atoms in total. The highest BCUT2D eigenvalue weighted by atomic mass is 32.1. The van der Waals surface area contributed by atoms with Crippen LogP contribution in [-0.4, -0.2) is 23.9 Å². The zero-order valence-electron chi connectivity index (χ0n) is 9.82. The lowest BCUT2D eigenvalue weighted by Gasteiger charge is -2.20. The Hall–Kier alpha value is -1.29. The summed E-state index contributed by atoms with van der Waals surface area (Å²) in [7, 11) is 0. The first kappa shape index (κ1) is 13.8. The van der Waals surface area contributed by atoms with Crippen molar-refractivity contribution in [1.29, 1.82) is 0 Å². The summed E-state index contributed by atoms with van der Waals surface area (Å²) in [6.07, 6.45) is 2.55. The summed E-state index contributed by atoms with van der Waals surface area (Å²) in [6.45, 7) is 6.77. The Morgan fingerprint density at radius 3 is 2.82 bits per heavy atom. The van der Waals surface area contributed by atoms with E-state index in [2.05, 4.69) is 19.2 Å². The summed E-state index contributed by atoms with van der Waals surface area (Å²) in [4.78, 5) is 14.0. The third-order valence-corrected chi connectivity index (χ3v) is 2.67. The third kappa shape index (κ3) is 3.60. The Morgan fingerprint density at radius 2 is 2.29 bits per heavy atom. The molecule has 0 saturated heterocycles. The van der Waals surface area contributed by atoms with Gasteiger partial charge in [-0.05, 0) is 24.6 Å². The van der Waals surface area contributed by atoms with Gasteiger partial charge in [0.1, 0.15) is 5.82 Å². The van der Waals surface area contributed by atoms with E-state index < -0.39 is 5.82 Å². The Bertz CT molecular complexity index is 420. The molecule has 0 atom stereocenters. The van der Waals surface area contributed by atoms with Crippen LogP contribution in [0.2, 0.25) is 0 Å². The lowest BCUT2D eigenvalue weighted by atomic mass is 10.2. The van der Waals surface area contributed by atoms with Crippen molar-refractivity contribution in [2.45, 2.75) is 18.2 Å². The minimum absolute atomic E-state index is 0.123. The molecule has 0 bridgehead atoms. The van der Waals surface area contributed by atoms with Gasteiger partial charge in [-0.25, -0.2) is 4.39 Å². The van der Waals surface area contributed by atoms with Gasteiger partial charge in [-0.1, -0.05) is 13.0 Å². The van der Waals surface area contributed by atoms with Crippen LogP contribution in [0.3, 0.4) is 0 Å². The van der Waals surface area contributed by atoms with E-state index in [1.807, 2.05) is 6.92 Å². The number of hydrogen-bond acceptors (Lipinski definition) is 2. The van der Waals surface area contributed by atoms with Crippen LogP contribution in [0.5, 0.6) is 0 Å². The zero-order chi connectivity index (χ0) is 12.8. The highest BCUT2D eigenvalue weighted by Gasteiger charge is 2.14. The molecule has 1 aromatic carbocycles. The quantitative estimate of drug-likeness (QED) is 0.631. The molecule has 17 heavy (non-hydrogen) atoms. The molecule has 1 rings (SSSR count). The molecular formula is C13H16FNOS. The average Bonchev–Trinajstić information content (AvgIpc) is 2.31. The highest BCUT2D eigenvalue weighted by molar-refractivity contribution is 7.80. The van der Waals surface area contributed by atoms with E-state index in [0.29, 0.717) is 18.7 Å². The fraction of sp³-hybridized carbons (Fsp3) is 0.308. The minimum Gasteiger partial charge on any atom is -0.335 e. The summed E-state index contributed by atoms with van der Waals surface area (Å²) in [6, 6.07) is 4.18. The minimum atomic E-state index is -0.421. The summed E-state index contributed by atoms with van der Waals surface area (Å²) in [5, 5.41) is 0. The number of carbonyl (C=O) groups excluding carboxylic acids is 1. The SMILES string of the molecule is C=CCN(CCC)C(=O)c1ccc(F)c(S)c1. The molecule has 1 aromatic rings. The molecule has 4 heteroatoms. The Labute approximate surface area is 107 Å². The van der Waals surface area contributed by atoms with Gasteiger partial charge < -0.3 is 4.90 Å². The molecule has 0 heterocycles. The number of carbonyl (C=O) groups is 1. The normalized spacial score (nSPS) is 10.1. The number of thiol groups is 1. The molecule has 0 aliphatic rings. The molecule has 0 aliphatic heterocycles. The van der Waals surface area contributed by atoms with E-state index in [4.69, 9.17) is 0 Å². The molecule has 0 radical (unpaired) electrons. The van der Waals surface area contributed by atoms with Gasteiger partial charge >= 0.3 is 0 Å². The topological polar surface area (TPSA) is 20.3 Å². The van der Waals surface area contributed by atoms with Gasteiger partial charge in [0.2, 0.25) is 0 Å². The van der Waals surface area contributed by atoms with Crippen molar-refractivity contribution in [2.24, 2.45) is 0 Å². The second-order valence-electron chi connectivity index (χ2n) is 3.71. The van der Waals surface area contributed by atoms with E-state index in [-0.39, 0.29) is 10.8 Å². The molecule has 0 aromatic heterocycles. The summed E-state index contributed by atoms with van der Waals surface area (Å²) < 4.78 is 13.0. The van der Waals surface area contributed by atoms with E-state index in [1.54, 1.807) is 11.0 Å². The molecule has 0 saturated carbocycles. The number of rotatable bonds is 5. The molecule has 1 amide bonds. The summed E-state index contributed by atoms with van der Waals surface area (Å²) >= 11 is 3.97. The van der Waals surface area contributed by atoms with E-state index >= 15 is 0 Å². The highest BCUT2D eigenvalue weighted by Crippen LogP contribution is 2.15. The monoisotopic (exact) mass is 253 g/mol. The average molecular weight is 253 g/mol. The van der Waals surface area contributed by atoms with E-state index in [0.717, 1.165) is 6.42 Å². The smallest absolute Gasteiger partial charge is 0.254 e. The first-order valence-electron chi connectivity index (χ1n) is 5.48. The number of amides is 1. The van der Waals surface area contributed by atoms with Crippen LogP contribution < -0.4 is 0 Å². The molecule has 0 fully saturated rings. The van der Waals surface area contributed by atoms with Crippen LogP contribution in [0.25, 0.3) is 0 Å². The Kier molecular flexibility index (Phi) is 5.22. The lowest BCUT2D eigenvalue weighted by Crippen LogP contribution is -2.31. The number of halogens is 1. The Balaban J connectivity index is 2.92. The predicted molar refractivity (Wildman–Crippen MR) is 70.0 cm³/mol. The molecule has 0 aliphatic carbocycles. The zero-order valence-corrected chi connectivity index (χ0v) is 10.7. The maximum atomic E-state index is 13.0. The molecule has 0 spiro atoms. The van der Waals surface area contributed by atoms with Crippen LogP contribution in [0.15, 0.2) is 35.7 Å². The number of benzene rings is 1. The van der Waals surface area contributed by atoms with Gasteiger partial charge in [-0.3, -0.25) is 4.79 Å². The van der Waals surface area contributed by atoms with Crippen LogP contribution in [-0.2, 0) is 0 Å². The predicted octanol–water partition coefficient (Wildman–Crippen LogP) is 3.15. The number of nitrogens with zero attached hydrogens (tertiary/aromatic N) is 1. The van der Waals surface area contributed by atoms with Gasteiger partial charge in [0, 0.05) is 23.5 Å². The van der Waals surface area contributed by atoms with Crippen molar-refractivity contribution in [3.05, 3.63) is 42.2 Å². The van der Waals surface area contributed by atoms with Crippen molar-refractivity contribution in [1.82, 2.24) is 4.90 Å². The van der Waals surface area contributed by atoms with Gasteiger partial charge in [-0.2, -0.15) is 0 Å². The summed E-state index contributed by atoms with van der Waals surface area (Å²) in [5.41, 5.74) is 0.451. The van der Waals surface area contributed by atoms with E-state index in [1.165, 1.54) is 18.2 Å². The maximum absolute atomic E-state index is 13.0. The van der Waals surface area contributed by atoms with Gasteiger partial charge in [-0.15, -0.1) is 19.2 Å². The first-order valence-corrected chi connectivity index (χ1v) is 5.93. The second-order valence-corrected chi connectivity index (χ2v) is 4.19. The van der Waals surface area contributed by atoms with Crippen molar-refractivity contribution in [2.75, 3.05) is 13.1 Å². The van der Waals surface area contributed by atoms with Crippen LogP contribution in [0.1, 0.15) is 23.7 Å². The van der Waals surface area contributed by atoms with Gasteiger partial charge in [0.25, 0.3) is 5.91 Å². The first-order chi connectivity index (χ1) is 8.10. The summed E-state index contributed by atoms with van der Waals surface area (Å²) in [5.74, 6) is -0.544. The van der Waals surface area contributed by atoms with Crippen molar-refractivity contribution in [3.63, 3.8) is 0 Å². The van der Waals surface area contributed by atoms with Crippen molar-refractivity contribution < 1.29 is 9.18 Å².